The molecular weight excluding hydrogens is 662 g/mol. The first-order chi connectivity index (χ1) is 22.2. The molecule has 4 aromatic rings. The number of sulfonamides is 1. The molecule has 1 N–H and O–H groups in total. The summed E-state index contributed by atoms with van der Waals surface area (Å²) in [6.07, 6.45) is 5.36. The first kappa shape index (κ1) is 33.4. The van der Waals surface area contributed by atoms with Crippen LogP contribution < -0.4 is 9.62 Å². The maximum absolute atomic E-state index is 14.6. The van der Waals surface area contributed by atoms with Gasteiger partial charge >= 0.3 is 0 Å². The van der Waals surface area contributed by atoms with Gasteiger partial charge in [-0.15, -0.1) is 0 Å². The molecule has 0 aromatic heterocycles. The Labute approximate surface area is 280 Å². The highest BCUT2D eigenvalue weighted by Crippen LogP contribution is 2.26. The Morgan fingerprint density at radius 3 is 2.04 bits per heavy atom. The number of aryl methyl sites for hydroxylation is 1. The van der Waals surface area contributed by atoms with E-state index in [1.165, 1.54) is 0 Å². The van der Waals surface area contributed by atoms with Crippen LogP contribution in [0.1, 0.15) is 48.8 Å². The molecule has 2 amide bonds. The van der Waals surface area contributed by atoms with Crippen LogP contribution in [-0.2, 0) is 32.6 Å². The first-order valence-electron chi connectivity index (χ1n) is 15.7. The summed E-state index contributed by atoms with van der Waals surface area (Å²) in [5, 5.41) is 3.24. The largest absolute Gasteiger partial charge is 0.352 e. The fourth-order valence-electron chi connectivity index (χ4n) is 5.85. The van der Waals surface area contributed by atoms with Crippen LogP contribution in [0.4, 0.5) is 5.69 Å². The van der Waals surface area contributed by atoms with E-state index in [-0.39, 0.29) is 29.8 Å². The number of amides is 2. The summed E-state index contributed by atoms with van der Waals surface area (Å²) in [5.74, 6) is -0.698. The molecule has 4 aromatic carbocycles. The van der Waals surface area contributed by atoms with Crippen LogP contribution in [0.2, 0.25) is 0 Å². The van der Waals surface area contributed by atoms with E-state index in [1.807, 2.05) is 61.5 Å². The van der Waals surface area contributed by atoms with Gasteiger partial charge in [0.25, 0.3) is 10.0 Å². The third-order valence-electron chi connectivity index (χ3n) is 8.42. The van der Waals surface area contributed by atoms with Gasteiger partial charge in [0, 0.05) is 23.5 Å². The Hall–Kier alpha value is -3.95. The van der Waals surface area contributed by atoms with E-state index in [1.54, 1.807) is 59.5 Å². The van der Waals surface area contributed by atoms with Crippen molar-refractivity contribution in [1.82, 2.24) is 10.2 Å². The predicted molar refractivity (Wildman–Crippen MR) is 186 cm³/mol. The van der Waals surface area contributed by atoms with Crippen LogP contribution in [0, 0.1) is 6.92 Å². The van der Waals surface area contributed by atoms with E-state index in [0.29, 0.717) is 5.69 Å². The number of carbonyl (C=O) groups excluding carboxylic acids is 2. The SMILES string of the molecule is Cc1ccc(S(=O)(=O)N(CC(=O)N(Cc2ccc(Br)cc2)C(Cc2ccccc2)C(=O)NC2CCCCC2)c2ccccc2)cc1. The molecule has 0 bridgehead atoms. The topological polar surface area (TPSA) is 86.8 Å². The standard InChI is InChI=1S/C37H40BrN3O4S/c1-28-17-23-34(24-18-28)46(44,45)41(33-15-9-4-10-16-33)27-36(42)40(26-30-19-21-31(38)22-20-30)35(25-29-11-5-2-6-12-29)37(43)39-32-13-7-3-8-14-32/h2,4-6,9-12,15-24,32,35H,3,7-8,13-14,25-27H2,1H3,(H,39,43). The van der Waals surface area contributed by atoms with Crippen molar-refractivity contribution in [2.24, 2.45) is 0 Å². The lowest BCUT2D eigenvalue weighted by atomic mass is 9.94. The second-order valence-corrected chi connectivity index (χ2v) is 14.6. The lowest BCUT2D eigenvalue weighted by Gasteiger charge is -2.35. The summed E-state index contributed by atoms with van der Waals surface area (Å²) >= 11 is 3.48. The highest BCUT2D eigenvalue weighted by Gasteiger charge is 2.35. The molecule has 1 aliphatic carbocycles. The summed E-state index contributed by atoms with van der Waals surface area (Å²) in [6.45, 7) is 1.55. The van der Waals surface area contributed by atoms with E-state index in [9.17, 15) is 18.0 Å². The summed E-state index contributed by atoms with van der Waals surface area (Å²) < 4.78 is 30.3. The number of para-hydroxylation sites is 1. The minimum atomic E-state index is -4.13. The van der Waals surface area contributed by atoms with E-state index < -0.39 is 28.5 Å². The Balaban J connectivity index is 1.54. The van der Waals surface area contributed by atoms with Crippen molar-refractivity contribution in [2.45, 2.75) is 69.0 Å². The molecule has 0 spiro atoms. The molecule has 0 radical (unpaired) electrons. The number of anilines is 1. The lowest BCUT2D eigenvalue weighted by molar-refractivity contribution is -0.140. The van der Waals surface area contributed by atoms with Crippen LogP contribution in [0.15, 0.2) is 119 Å². The predicted octanol–water partition coefficient (Wildman–Crippen LogP) is 7.04. The molecular formula is C37H40BrN3O4S. The maximum Gasteiger partial charge on any atom is 0.264 e. The molecule has 0 heterocycles. The van der Waals surface area contributed by atoms with Gasteiger partial charge in [0.15, 0.2) is 0 Å². The molecule has 1 fully saturated rings. The lowest BCUT2D eigenvalue weighted by Crippen LogP contribution is -2.55. The monoisotopic (exact) mass is 701 g/mol. The van der Waals surface area contributed by atoms with E-state index in [4.69, 9.17) is 0 Å². The zero-order valence-corrected chi connectivity index (χ0v) is 28.4. The van der Waals surface area contributed by atoms with Gasteiger partial charge in [0.2, 0.25) is 11.8 Å². The Bertz CT molecular complexity index is 1690. The molecule has 1 saturated carbocycles. The van der Waals surface area contributed by atoms with Crippen LogP contribution in [0.5, 0.6) is 0 Å². The smallest absolute Gasteiger partial charge is 0.264 e. The van der Waals surface area contributed by atoms with E-state index in [2.05, 4.69) is 21.2 Å². The molecule has 0 aliphatic heterocycles. The molecule has 9 heteroatoms. The van der Waals surface area contributed by atoms with Crippen LogP contribution in [0.25, 0.3) is 0 Å². The quantitative estimate of drug-likeness (QED) is 0.172. The minimum absolute atomic E-state index is 0.0480. The van der Waals surface area contributed by atoms with Gasteiger partial charge in [-0.25, -0.2) is 8.42 Å². The van der Waals surface area contributed by atoms with Crippen molar-refractivity contribution >= 4 is 43.5 Å². The molecule has 1 aliphatic rings. The Morgan fingerprint density at radius 2 is 1.41 bits per heavy atom. The van der Waals surface area contributed by atoms with Crippen molar-refractivity contribution in [3.63, 3.8) is 0 Å². The molecule has 46 heavy (non-hydrogen) atoms. The average Bonchev–Trinajstić information content (AvgIpc) is 3.07. The van der Waals surface area contributed by atoms with Crippen molar-refractivity contribution in [2.75, 3.05) is 10.8 Å². The van der Waals surface area contributed by atoms with Crippen molar-refractivity contribution < 1.29 is 18.0 Å². The summed E-state index contributed by atoms with van der Waals surface area (Å²) in [5.41, 5.74) is 3.03. The zero-order valence-electron chi connectivity index (χ0n) is 26.0. The number of benzene rings is 4. The molecule has 1 atom stereocenters. The molecule has 7 nitrogen and oxygen atoms in total. The average molecular weight is 703 g/mol. The number of nitrogens with one attached hydrogen (secondary N) is 1. The zero-order chi connectivity index (χ0) is 32.5. The van der Waals surface area contributed by atoms with Crippen molar-refractivity contribution in [3.8, 4) is 0 Å². The molecule has 5 rings (SSSR count). The summed E-state index contributed by atoms with van der Waals surface area (Å²) in [4.78, 5) is 30.4. The van der Waals surface area contributed by atoms with Crippen molar-refractivity contribution in [3.05, 3.63) is 130 Å². The van der Waals surface area contributed by atoms with E-state index >= 15 is 0 Å². The Kier molecular flexibility index (Phi) is 11.3. The number of rotatable bonds is 12. The van der Waals surface area contributed by atoms with Crippen molar-refractivity contribution in [1.29, 1.82) is 0 Å². The third-order valence-corrected chi connectivity index (χ3v) is 10.7. The normalized spacial score (nSPS) is 14.3. The van der Waals surface area contributed by atoms with Crippen LogP contribution in [-0.4, -0.2) is 43.8 Å². The fraction of sp³-hybridized carbons (Fsp3) is 0.297. The Morgan fingerprint density at radius 1 is 0.804 bits per heavy atom. The van der Waals surface area contributed by atoms with Gasteiger partial charge in [-0.2, -0.15) is 0 Å². The first-order valence-corrected chi connectivity index (χ1v) is 18.0. The van der Waals surface area contributed by atoms with Gasteiger partial charge in [0.05, 0.1) is 10.6 Å². The minimum Gasteiger partial charge on any atom is -0.352 e. The van der Waals surface area contributed by atoms with Gasteiger partial charge in [-0.1, -0.05) is 114 Å². The highest BCUT2D eigenvalue weighted by molar-refractivity contribution is 9.10. The second kappa shape index (κ2) is 15.6. The summed E-state index contributed by atoms with van der Waals surface area (Å²) in [6, 6.07) is 31.6. The van der Waals surface area contributed by atoms with Gasteiger partial charge in [-0.3, -0.25) is 13.9 Å². The number of carbonyl (C=O) groups is 2. The maximum atomic E-state index is 14.6. The molecule has 240 valence electrons. The third kappa shape index (κ3) is 8.65. The number of hydrogen-bond acceptors (Lipinski definition) is 4. The van der Waals surface area contributed by atoms with Crippen LogP contribution >= 0.6 is 15.9 Å². The van der Waals surface area contributed by atoms with E-state index in [0.717, 1.165) is 57.6 Å². The summed E-state index contributed by atoms with van der Waals surface area (Å²) in [7, 11) is -4.13. The van der Waals surface area contributed by atoms with Gasteiger partial charge < -0.3 is 10.2 Å². The van der Waals surface area contributed by atoms with Crippen LogP contribution in [0.3, 0.4) is 0 Å². The second-order valence-electron chi connectivity index (χ2n) is 11.9. The molecule has 1 unspecified atom stereocenters. The highest BCUT2D eigenvalue weighted by atomic mass is 79.9. The molecule has 0 saturated heterocycles. The fourth-order valence-corrected chi connectivity index (χ4v) is 7.52. The van der Waals surface area contributed by atoms with Gasteiger partial charge in [-0.05, 0) is 67.3 Å². The number of halogens is 1. The number of hydrogen-bond donors (Lipinski definition) is 1. The van der Waals surface area contributed by atoms with Gasteiger partial charge in [0.1, 0.15) is 12.6 Å². The number of nitrogens with zero attached hydrogens (tertiary/aromatic N) is 2.